The number of imidazole rings is 1. The molecule has 0 fully saturated rings. The van der Waals surface area contributed by atoms with Crippen LogP contribution in [-0.4, -0.2) is 42.6 Å². The van der Waals surface area contributed by atoms with Gasteiger partial charge in [0.05, 0.1) is 34.4 Å². The number of rotatable bonds is 7. The number of sulfonamides is 1. The third-order valence-electron chi connectivity index (χ3n) is 5.34. The summed E-state index contributed by atoms with van der Waals surface area (Å²) in [5, 5.41) is -0.114. The number of aromatic nitrogens is 4. The molecule has 4 rings (SSSR count). The molecule has 2 aromatic heterocycles. The third-order valence-corrected chi connectivity index (χ3v) is 7.48. The molecule has 0 atom stereocenters. The largest absolute Gasteiger partial charge is 0.318 e. The van der Waals surface area contributed by atoms with Crippen molar-refractivity contribution in [1.29, 1.82) is 0 Å². The van der Waals surface area contributed by atoms with E-state index in [0.29, 0.717) is 22.3 Å². The first-order chi connectivity index (χ1) is 16.4. The minimum atomic E-state index is -3.99. The maximum absolute atomic E-state index is 13.6. The van der Waals surface area contributed by atoms with E-state index in [1.807, 2.05) is 13.8 Å². The first kappa shape index (κ1) is 24.7. The van der Waals surface area contributed by atoms with Gasteiger partial charge in [0.25, 0.3) is 0 Å². The van der Waals surface area contributed by atoms with E-state index in [9.17, 15) is 21.2 Å². The van der Waals surface area contributed by atoms with Gasteiger partial charge in [0.2, 0.25) is 31.0 Å². The van der Waals surface area contributed by atoms with Crippen molar-refractivity contribution in [3.8, 4) is 11.3 Å². The molecule has 35 heavy (non-hydrogen) atoms. The molecule has 0 amide bonds. The maximum Gasteiger partial charge on any atom is 0.237 e. The minimum absolute atomic E-state index is 0.114. The molecule has 0 unspecified atom stereocenters. The number of para-hydroxylation sites is 2. The van der Waals surface area contributed by atoms with E-state index in [0.717, 1.165) is 6.26 Å². The zero-order valence-corrected chi connectivity index (χ0v) is 21.2. The Morgan fingerprint density at radius 1 is 0.971 bits per heavy atom. The first-order valence-corrected chi connectivity index (χ1v) is 14.2. The van der Waals surface area contributed by atoms with Crippen LogP contribution in [0, 0.1) is 5.82 Å². The summed E-state index contributed by atoms with van der Waals surface area (Å²) in [4.78, 5) is 13.0. The molecule has 0 radical (unpaired) electrons. The molecule has 9 nitrogen and oxygen atoms in total. The summed E-state index contributed by atoms with van der Waals surface area (Å²) in [6.45, 7) is 3.62. The number of fused-ring (bicyclic) bond motifs is 1. The molecule has 0 bridgehead atoms. The highest BCUT2D eigenvalue weighted by molar-refractivity contribution is 7.92. The highest BCUT2D eigenvalue weighted by Crippen LogP contribution is 2.32. The van der Waals surface area contributed by atoms with E-state index in [4.69, 9.17) is 0 Å². The van der Waals surface area contributed by atoms with Crippen LogP contribution in [0.5, 0.6) is 0 Å². The van der Waals surface area contributed by atoms with Crippen LogP contribution >= 0.6 is 0 Å². The van der Waals surface area contributed by atoms with Crippen LogP contribution in [0.2, 0.25) is 0 Å². The second-order valence-electron chi connectivity index (χ2n) is 8.50. The Morgan fingerprint density at radius 3 is 2.23 bits per heavy atom. The molecular formula is C23H24FN5O4S2. The van der Waals surface area contributed by atoms with E-state index in [-0.39, 0.29) is 28.3 Å². The lowest BCUT2D eigenvalue weighted by molar-refractivity contribution is 0.579. The van der Waals surface area contributed by atoms with E-state index < -0.39 is 31.4 Å². The fourth-order valence-electron chi connectivity index (χ4n) is 3.84. The van der Waals surface area contributed by atoms with Gasteiger partial charge in [0.1, 0.15) is 5.82 Å². The Bertz CT molecular complexity index is 1630. The quantitative estimate of drug-likeness (QED) is 0.397. The summed E-state index contributed by atoms with van der Waals surface area (Å²) in [6.07, 6.45) is 0.965. The standard InChI is InChI=1S/C23H24FN5O4S2/c1-14(2)20-17(13-35(32,33)23-25-18-7-5-6-8-19(18)29(23)3)21(15-9-11-16(24)12-10-15)27-22(26-20)28-34(4,30)31/h5-12,14H,13H2,1-4H3,(H,26,27,28). The summed E-state index contributed by atoms with van der Waals surface area (Å²) in [5.74, 6) is -1.43. The smallest absolute Gasteiger partial charge is 0.237 e. The molecule has 4 aromatic rings. The average molecular weight is 518 g/mol. The van der Waals surface area contributed by atoms with Crippen molar-refractivity contribution in [2.45, 2.75) is 30.7 Å². The molecule has 0 aliphatic heterocycles. The number of nitrogens with zero attached hydrogens (tertiary/aromatic N) is 4. The molecule has 0 spiro atoms. The van der Waals surface area contributed by atoms with Gasteiger partial charge in [0.15, 0.2) is 0 Å². The van der Waals surface area contributed by atoms with Crippen LogP contribution in [-0.2, 0) is 32.7 Å². The molecule has 1 N–H and O–H groups in total. The monoisotopic (exact) mass is 517 g/mol. The van der Waals surface area contributed by atoms with Gasteiger partial charge in [-0.3, -0.25) is 4.72 Å². The maximum atomic E-state index is 13.6. The van der Waals surface area contributed by atoms with Gasteiger partial charge in [-0.2, -0.15) is 0 Å². The fourth-order valence-corrected chi connectivity index (χ4v) is 5.80. The van der Waals surface area contributed by atoms with Crippen LogP contribution in [0.3, 0.4) is 0 Å². The van der Waals surface area contributed by atoms with Gasteiger partial charge in [0, 0.05) is 18.2 Å². The number of halogens is 1. The molecule has 0 aliphatic rings. The predicted octanol–water partition coefficient (Wildman–Crippen LogP) is 3.64. The zero-order valence-electron chi connectivity index (χ0n) is 19.5. The average Bonchev–Trinajstić information content (AvgIpc) is 3.11. The van der Waals surface area contributed by atoms with E-state index in [1.165, 1.54) is 28.8 Å². The highest BCUT2D eigenvalue weighted by Gasteiger charge is 2.28. The van der Waals surface area contributed by atoms with Crippen molar-refractivity contribution in [1.82, 2.24) is 19.5 Å². The Morgan fingerprint density at radius 2 is 1.63 bits per heavy atom. The normalized spacial score (nSPS) is 12.4. The summed E-state index contributed by atoms with van der Waals surface area (Å²) < 4.78 is 68.3. The second kappa shape index (κ2) is 9.00. The molecular weight excluding hydrogens is 493 g/mol. The summed E-state index contributed by atoms with van der Waals surface area (Å²) >= 11 is 0. The second-order valence-corrected chi connectivity index (χ2v) is 12.1. The van der Waals surface area contributed by atoms with E-state index in [1.54, 1.807) is 31.3 Å². The van der Waals surface area contributed by atoms with Crippen LogP contribution in [0.4, 0.5) is 10.3 Å². The first-order valence-electron chi connectivity index (χ1n) is 10.6. The van der Waals surface area contributed by atoms with Crippen LogP contribution in [0.25, 0.3) is 22.3 Å². The minimum Gasteiger partial charge on any atom is -0.318 e. The van der Waals surface area contributed by atoms with Gasteiger partial charge in [-0.15, -0.1) is 0 Å². The number of sulfone groups is 1. The lowest BCUT2D eigenvalue weighted by atomic mass is 9.99. The topological polar surface area (TPSA) is 124 Å². The molecule has 2 aromatic carbocycles. The number of nitrogens with one attached hydrogen (secondary N) is 1. The fraction of sp³-hybridized carbons (Fsp3) is 0.261. The van der Waals surface area contributed by atoms with Gasteiger partial charge in [-0.1, -0.05) is 26.0 Å². The van der Waals surface area contributed by atoms with Crippen molar-refractivity contribution in [2.24, 2.45) is 7.05 Å². The van der Waals surface area contributed by atoms with Gasteiger partial charge >= 0.3 is 0 Å². The molecule has 12 heteroatoms. The van der Waals surface area contributed by atoms with Crippen LogP contribution in [0.15, 0.2) is 53.7 Å². The summed E-state index contributed by atoms with van der Waals surface area (Å²) in [7, 11) is -6.07. The number of benzene rings is 2. The number of aryl methyl sites for hydroxylation is 1. The van der Waals surface area contributed by atoms with Gasteiger partial charge < -0.3 is 4.57 Å². The van der Waals surface area contributed by atoms with Gasteiger partial charge in [-0.25, -0.2) is 36.2 Å². The molecule has 2 heterocycles. The Kier molecular flexibility index (Phi) is 6.36. The molecule has 0 aliphatic carbocycles. The lowest BCUT2D eigenvalue weighted by Gasteiger charge is -2.18. The Hall–Kier alpha value is -3.38. The van der Waals surface area contributed by atoms with Crippen molar-refractivity contribution in [2.75, 3.05) is 11.0 Å². The zero-order chi connectivity index (χ0) is 25.5. The lowest BCUT2D eigenvalue weighted by Crippen LogP contribution is -2.18. The molecule has 184 valence electrons. The highest BCUT2D eigenvalue weighted by atomic mass is 32.2. The molecule has 0 saturated heterocycles. The van der Waals surface area contributed by atoms with Crippen molar-refractivity contribution >= 4 is 36.8 Å². The van der Waals surface area contributed by atoms with E-state index in [2.05, 4.69) is 19.7 Å². The Balaban J connectivity index is 1.93. The number of hydrogen-bond acceptors (Lipinski definition) is 7. The van der Waals surface area contributed by atoms with Crippen molar-refractivity contribution < 1.29 is 21.2 Å². The van der Waals surface area contributed by atoms with Crippen LogP contribution in [0.1, 0.15) is 31.0 Å². The van der Waals surface area contributed by atoms with E-state index >= 15 is 0 Å². The number of hydrogen-bond donors (Lipinski definition) is 1. The SMILES string of the molecule is CC(C)c1nc(NS(C)(=O)=O)nc(-c2ccc(F)cc2)c1CS(=O)(=O)c1nc2ccccc2n1C. The van der Waals surface area contributed by atoms with Crippen molar-refractivity contribution in [3.05, 3.63) is 65.6 Å². The summed E-state index contributed by atoms with van der Waals surface area (Å²) in [5.41, 5.74) is 2.46. The summed E-state index contributed by atoms with van der Waals surface area (Å²) in [6, 6.07) is 12.4. The van der Waals surface area contributed by atoms with Crippen LogP contribution < -0.4 is 4.72 Å². The predicted molar refractivity (Wildman–Crippen MR) is 132 cm³/mol. The Labute approximate surface area is 203 Å². The molecule has 0 saturated carbocycles. The number of anilines is 1. The van der Waals surface area contributed by atoms with Crippen molar-refractivity contribution in [3.63, 3.8) is 0 Å². The third kappa shape index (κ3) is 5.17. The van der Waals surface area contributed by atoms with Gasteiger partial charge in [-0.05, 0) is 42.3 Å².